The molecule has 6 heteroatoms. The van der Waals surface area contributed by atoms with E-state index in [2.05, 4.69) is 21.4 Å². The van der Waals surface area contributed by atoms with Gasteiger partial charge in [-0.3, -0.25) is 4.99 Å². The van der Waals surface area contributed by atoms with Crippen molar-refractivity contribution in [2.24, 2.45) is 4.99 Å². The van der Waals surface area contributed by atoms with Gasteiger partial charge in [-0.05, 0) is 42.4 Å². The molecule has 1 saturated carbocycles. The molecule has 0 atom stereocenters. The minimum Gasteiger partial charge on any atom is -0.323 e. The van der Waals surface area contributed by atoms with Crippen molar-refractivity contribution < 1.29 is 0 Å². The number of hydrogen-bond acceptors (Lipinski definition) is 3. The molecule has 0 aromatic heterocycles. The molecule has 0 amide bonds. The number of halogens is 3. The Labute approximate surface area is 155 Å². The van der Waals surface area contributed by atoms with Gasteiger partial charge in [-0.25, -0.2) is 0 Å². The molecule has 22 heavy (non-hydrogen) atoms. The van der Waals surface area contributed by atoms with Crippen molar-refractivity contribution in [1.29, 1.82) is 0 Å². The van der Waals surface area contributed by atoms with Gasteiger partial charge in [-0.2, -0.15) is 0 Å². The van der Waals surface area contributed by atoms with Gasteiger partial charge >= 0.3 is 0 Å². The zero-order valence-electron chi connectivity index (χ0n) is 12.0. The van der Waals surface area contributed by atoms with E-state index in [0.717, 1.165) is 19.5 Å². The van der Waals surface area contributed by atoms with E-state index in [0.29, 0.717) is 10.0 Å². The van der Waals surface area contributed by atoms with Crippen molar-refractivity contribution in [3.8, 4) is 0 Å². The van der Waals surface area contributed by atoms with E-state index in [-0.39, 0.29) is 22.4 Å². The average Bonchev–Trinajstić information content (AvgIpc) is 2.86. The molecule has 0 spiro atoms. The van der Waals surface area contributed by atoms with Crippen LogP contribution in [-0.4, -0.2) is 23.2 Å². The van der Waals surface area contributed by atoms with E-state index in [1.807, 2.05) is 12.1 Å². The molecule has 2 aliphatic heterocycles. The highest BCUT2D eigenvalue weighted by molar-refractivity contribution is 8.93. The summed E-state index contributed by atoms with van der Waals surface area (Å²) >= 11 is 14.1. The third-order valence-corrected chi connectivity index (χ3v) is 6.39. The highest BCUT2D eigenvalue weighted by Gasteiger charge is 2.47. The van der Waals surface area contributed by atoms with Gasteiger partial charge in [-0.1, -0.05) is 47.5 Å². The van der Waals surface area contributed by atoms with Crippen molar-refractivity contribution in [2.75, 3.05) is 13.1 Å². The Morgan fingerprint density at radius 1 is 1.14 bits per heavy atom. The second-order valence-electron chi connectivity index (χ2n) is 5.85. The maximum absolute atomic E-state index is 6.25. The highest BCUT2D eigenvalue weighted by Crippen LogP contribution is 2.54. The fourth-order valence-corrected chi connectivity index (χ4v) is 4.82. The van der Waals surface area contributed by atoms with Crippen LogP contribution in [0.1, 0.15) is 31.2 Å². The Kier molecular flexibility index (Phi) is 4.84. The molecular weight excluding hydrogens is 403 g/mol. The molecule has 118 valence electrons. The molecule has 0 bridgehead atoms. The van der Waals surface area contributed by atoms with E-state index in [1.54, 1.807) is 11.8 Å². The number of allylic oxidation sites excluding steroid dienone is 1. The van der Waals surface area contributed by atoms with E-state index < -0.39 is 0 Å². The normalized spacial score (nSPS) is 22.2. The summed E-state index contributed by atoms with van der Waals surface area (Å²) in [6, 6.07) is 6.11. The minimum atomic E-state index is 0. The molecular formula is C16H17BrCl2N2S. The first kappa shape index (κ1) is 16.7. The number of aliphatic imine (C=N–C) groups is 1. The summed E-state index contributed by atoms with van der Waals surface area (Å²) in [4.78, 5) is 7.06. The quantitative estimate of drug-likeness (QED) is 0.615. The summed E-state index contributed by atoms with van der Waals surface area (Å²) in [5.41, 5.74) is 2.81. The topological polar surface area (TPSA) is 15.6 Å². The molecule has 0 N–H and O–H groups in total. The van der Waals surface area contributed by atoms with Crippen LogP contribution in [0.5, 0.6) is 0 Å². The van der Waals surface area contributed by atoms with E-state index in [4.69, 9.17) is 23.2 Å². The van der Waals surface area contributed by atoms with Gasteiger partial charge < -0.3 is 4.90 Å². The molecule has 1 fully saturated rings. The van der Waals surface area contributed by atoms with Crippen molar-refractivity contribution in [2.45, 2.75) is 31.1 Å². The third-order valence-electron chi connectivity index (χ3n) is 4.75. The zero-order valence-corrected chi connectivity index (χ0v) is 16.1. The second-order valence-corrected chi connectivity index (χ2v) is 7.51. The molecule has 2 nitrogen and oxygen atoms in total. The molecule has 0 unspecified atom stereocenters. The van der Waals surface area contributed by atoms with Gasteiger partial charge in [0.2, 0.25) is 0 Å². The lowest BCUT2D eigenvalue weighted by molar-refractivity contribution is 0.245. The summed E-state index contributed by atoms with van der Waals surface area (Å²) in [7, 11) is 0. The molecule has 0 radical (unpaired) electrons. The smallest absolute Gasteiger partial charge is 0.167 e. The lowest BCUT2D eigenvalue weighted by atomic mass is 9.62. The van der Waals surface area contributed by atoms with Crippen LogP contribution in [0.25, 0.3) is 0 Å². The average molecular weight is 420 g/mol. The standard InChI is InChI=1S/C16H16Cl2N2S.BrH/c17-12-4-3-11(9-13(12)18)16(5-1-6-16)14-10-21-15-19-7-2-8-20(14)15;/h3-4,9-10H,1-2,5-8H2;1H. The molecule has 1 aliphatic carbocycles. The van der Waals surface area contributed by atoms with E-state index >= 15 is 0 Å². The predicted molar refractivity (Wildman–Crippen MR) is 102 cm³/mol. The van der Waals surface area contributed by atoms with Gasteiger partial charge in [0.15, 0.2) is 5.17 Å². The fourth-order valence-electron chi connectivity index (χ4n) is 3.47. The Balaban J connectivity index is 0.00000144. The molecule has 3 aliphatic rings. The van der Waals surface area contributed by atoms with Crippen LogP contribution in [0.3, 0.4) is 0 Å². The number of hydrogen-bond donors (Lipinski definition) is 0. The molecule has 1 aromatic rings. The summed E-state index contributed by atoms with van der Waals surface area (Å²) in [5, 5.41) is 4.75. The Hall–Kier alpha value is -0.160. The van der Waals surface area contributed by atoms with Crippen LogP contribution in [-0.2, 0) is 5.41 Å². The number of amidine groups is 1. The first-order valence-corrected chi connectivity index (χ1v) is 8.99. The number of benzene rings is 1. The Morgan fingerprint density at radius 2 is 1.95 bits per heavy atom. The molecule has 0 saturated heterocycles. The van der Waals surface area contributed by atoms with Crippen LogP contribution < -0.4 is 0 Å². The molecule has 2 heterocycles. The van der Waals surface area contributed by atoms with E-state index in [1.165, 1.54) is 35.7 Å². The van der Waals surface area contributed by atoms with Crippen LogP contribution in [0.4, 0.5) is 0 Å². The van der Waals surface area contributed by atoms with Crippen LogP contribution >= 0.6 is 51.9 Å². The minimum absolute atomic E-state index is 0. The van der Waals surface area contributed by atoms with Crippen molar-refractivity contribution in [1.82, 2.24) is 4.90 Å². The first-order valence-electron chi connectivity index (χ1n) is 7.35. The molecule has 4 rings (SSSR count). The summed E-state index contributed by atoms with van der Waals surface area (Å²) < 4.78 is 0. The number of fused-ring (bicyclic) bond motifs is 1. The van der Waals surface area contributed by atoms with Crippen LogP contribution in [0, 0.1) is 0 Å². The maximum atomic E-state index is 6.25. The lowest BCUT2D eigenvalue weighted by Crippen LogP contribution is -2.44. The highest BCUT2D eigenvalue weighted by atomic mass is 79.9. The largest absolute Gasteiger partial charge is 0.323 e. The first-order chi connectivity index (χ1) is 10.2. The number of nitrogens with zero attached hydrogens (tertiary/aromatic N) is 2. The van der Waals surface area contributed by atoms with Crippen LogP contribution in [0.2, 0.25) is 10.0 Å². The van der Waals surface area contributed by atoms with Gasteiger partial charge in [0.1, 0.15) is 0 Å². The van der Waals surface area contributed by atoms with E-state index in [9.17, 15) is 0 Å². The Bertz CT molecular complexity index is 656. The SMILES string of the molecule is Br.Clc1ccc(C2(C3=CSC4=NCCCN34)CCC2)cc1Cl. The third kappa shape index (κ3) is 2.52. The predicted octanol–water partition coefficient (Wildman–Crippen LogP) is 5.64. The zero-order chi connectivity index (χ0) is 14.4. The van der Waals surface area contributed by atoms with Gasteiger partial charge in [0, 0.05) is 24.2 Å². The summed E-state index contributed by atoms with van der Waals surface area (Å²) in [6.45, 7) is 2.04. The summed E-state index contributed by atoms with van der Waals surface area (Å²) in [6.07, 6.45) is 4.77. The van der Waals surface area contributed by atoms with Gasteiger partial charge in [0.05, 0.1) is 10.0 Å². The fraction of sp³-hybridized carbons (Fsp3) is 0.438. The number of thioether (sulfide) groups is 1. The van der Waals surface area contributed by atoms with Crippen molar-refractivity contribution in [3.63, 3.8) is 0 Å². The lowest BCUT2D eigenvalue weighted by Gasteiger charge is -2.47. The summed E-state index contributed by atoms with van der Waals surface area (Å²) in [5.74, 6) is 0. The maximum Gasteiger partial charge on any atom is 0.167 e. The second kappa shape index (κ2) is 6.39. The van der Waals surface area contributed by atoms with Gasteiger partial charge in [0.25, 0.3) is 0 Å². The molecule has 1 aromatic carbocycles. The monoisotopic (exact) mass is 418 g/mol. The Morgan fingerprint density at radius 3 is 2.64 bits per heavy atom. The van der Waals surface area contributed by atoms with Gasteiger partial charge in [-0.15, -0.1) is 17.0 Å². The van der Waals surface area contributed by atoms with Crippen molar-refractivity contribution >= 4 is 57.1 Å². The number of rotatable bonds is 2. The van der Waals surface area contributed by atoms with Crippen molar-refractivity contribution in [3.05, 3.63) is 44.9 Å². The van der Waals surface area contributed by atoms with Crippen LogP contribution in [0.15, 0.2) is 34.3 Å².